The molecule has 180 valence electrons. The van der Waals surface area contributed by atoms with Crippen molar-refractivity contribution in [3.63, 3.8) is 0 Å². The Balaban J connectivity index is 1.48. The van der Waals surface area contributed by atoms with Crippen molar-refractivity contribution in [1.82, 2.24) is 4.98 Å². The van der Waals surface area contributed by atoms with E-state index in [-0.39, 0.29) is 12.4 Å². The number of halogens is 1. The van der Waals surface area contributed by atoms with Crippen molar-refractivity contribution in [2.75, 3.05) is 6.61 Å². The van der Waals surface area contributed by atoms with Gasteiger partial charge in [0.2, 0.25) is 5.78 Å². The Hall–Kier alpha value is -3.76. The van der Waals surface area contributed by atoms with Crippen molar-refractivity contribution < 1.29 is 14.3 Å². The molecule has 0 saturated heterocycles. The van der Waals surface area contributed by atoms with Crippen LogP contribution in [0.25, 0.3) is 22.6 Å². The van der Waals surface area contributed by atoms with E-state index in [1.165, 1.54) is 0 Å². The third kappa shape index (κ3) is 4.57. The lowest BCUT2D eigenvalue weighted by Gasteiger charge is -2.13. The SMILES string of the molecule is Cc1cc(C)c(C(=O)COC(=O)c2c3c(nc4ccccc24)C(=Cc2ccc(Cl)cc2)CC3)cc1C. The van der Waals surface area contributed by atoms with E-state index in [1.54, 1.807) is 0 Å². The number of Topliss-reactive ketones (excluding diaryl/α,β-unsaturated/α-hetero) is 1. The van der Waals surface area contributed by atoms with E-state index in [2.05, 4.69) is 6.08 Å². The monoisotopic (exact) mass is 495 g/mol. The predicted molar refractivity (Wildman–Crippen MR) is 145 cm³/mol. The highest BCUT2D eigenvalue weighted by molar-refractivity contribution is 6.30. The molecule has 3 aromatic carbocycles. The summed E-state index contributed by atoms with van der Waals surface area (Å²) in [5.41, 5.74) is 8.62. The summed E-state index contributed by atoms with van der Waals surface area (Å²) in [5, 5.41) is 1.42. The summed E-state index contributed by atoms with van der Waals surface area (Å²) in [6, 6.07) is 19.1. The Bertz CT molecular complexity index is 1550. The predicted octanol–water partition coefficient (Wildman–Crippen LogP) is 7.34. The van der Waals surface area contributed by atoms with E-state index < -0.39 is 5.97 Å². The molecule has 36 heavy (non-hydrogen) atoms. The van der Waals surface area contributed by atoms with Gasteiger partial charge in [-0.1, -0.05) is 48.0 Å². The van der Waals surface area contributed by atoms with Gasteiger partial charge in [0.1, 0.15) is 0 Å². The molecule has 0 amide bonds. The van der Waals surface area contributed by atoms with E-state index in [1.807, 2.05) is 81.4 Å². The van der Waals surface area contributed by atoms with Crippen molar-refractivity contribution >= 4 is 45.9 Å². The maximum atomic E-state index is 13.4. The number of ketones is 1. The summed E-state index contributed by atoms with van der Waals surface area (Å²) in [7, 11) is 0. The number of esters is 1. The summed E-state index contributed by atoms with van der Waals surface area (Å²) in [6.07, 6.45) is 3.54. The summed E-state index contributed by atoms with van der Waals surface area (Å²) in [4.78, 5) is 31.3. The highest BCUT2D eigenvalue weighted by Crippen LogP contribution is 2.38. The molecule has 0 bridgehead atoms. The average Bonchev–Trinajstić information content (AvgIpc) is 3.26. The molecule has 0 aliphatic heterocycles. The molecular weight excluding hydrogens is 470 g/mol. The summed E-state index contributed by atoms with van der Waals surface area (Å²) >= 11 is 6.04. The Kier molecular flexibility index (Phi) is 6.46. The fourth-order valence-corrected chi connectivity index (χ4v) is 4.94. The zero-order valence-electron chi connectivity index (χ0n) is 20.5. The number of para-hydroxylation sites is 1. The van der Waals surface area contributed by atoms with E-state index in [0.717, 1.165) is 56.4 Å². The molecule has 4 nitrogen and oxygen atoms in total. The number of rotatable bonds is 5. The summed E-state index contributed by atoms with van der Waals surface area (Å²) in [6.45, 7) is 5.58. The van der Waals surface area contributed by atoms with Crippen LogP contribution in [0.2, 0.25) is 5.02 Å². The zero-order chi connectivity index (χ0) is 25.4. The molecule has 0 atom stereocenters. The molecule has 0 unspecified atom stereocenters. The number of aromatic nitrogens is 1. The van der Waals surface area contributed by atoms with E-state index in [0.29, 0.717) is 22.6 Å². The highest BCUT2D eigenvalue weighted by atomic mass is 35.5. The van der Waals surface area contributed by atoms with Gasteiger partial charge < -0.3 is 4.74 Å². The van der Waals surface area contributed by atoms with Crippen LogP contribution in [0.1, 0.15) is 60.6 Å². The lowest BCUT2D eigenvalue weighted by atomic mass is 9.98. The molecule has 1 heterocycles. The minimum absolute atomic E-state index is 0.206. The van der Waals surface area contributed by atoms with Crippen molar-refractivity contribution in [2.24, 2.45) is 0 Å². The largest absolute Gasteiger partial charge is 0.454 e. The lowest BCUT2D eigenvalue weighted by molar-refractivity contribution is 0.0475. The number of ether oxygens (including phenoxy) is 1. The van der Waals surface area contributed by atoms with Gasteiger partial charge in [-0.05, 0) is 97.3 Å². The van der Waals surface area contributed by atoms with Gasteiger partial charge in [-0.25, -0.2) is 9.78 Å². The van der Waals surface area contributed by atoms with Crippen LogP contribution in [0.5, 0.6) is 0 Å². The van der Waals surface area contributed by atoms with Gasteiger partial charge in [0.15, 0.2) is 6.61 Å². The van der Waals surface area contributed by atoms with Gasteiger partial charge in [-0.15, -0.1) is 0 Å². The molecule has 5 heteroatoms. The summed E-state index contributed by atoms with van der Waals surface area (Å²) < 4.78 is 5.62. The number of carbonyl (C=O) groups excluding carboxylic acids is 2. The molecular formula is C31H26ClNO3. The molecule has 0 spiro atoms. The van der Waals surface area contributed by atoms with Crippen LogP contribution in [0, 0.1) is 20.8 Å². The zero-order valence-corrected chi connectivity index (χ0v) is 21.3. The lowest BCUT2D eigenvalue weighted by Crippen LogP contribution is -2.17. The first-order valence-electron chi connectivity index (χ1n) is 12.0. The van der Waals surface area contributed by atoms with E-state index >= 15 is 0 Å². The van der Waals surface area contributed by atoms with Crippen molar-refractivity contribution in [3.8, 4) is 0 Å². The highest BCUT2D eigenvalue weighted by Gasteiger charge is 2.28. The third-order valence-corrected chi connectivity index (χ3v) is 7.08. The van der Waals surface area contributed by atoms with Gasteiger partial charge in [-0.3, -0.25) is 4.79 Å². The quantitative estimate of drug-likeness (QED) is 0.215. The number of allylic oxidation sites excluding steroid dienone is 1. The minimum atomic E-state index is -0.493. The average molecular weight is 496 g/mol. The van der Waals surface area contributed by atoms with Crippen LogP contribution in [-0.4, -0.2) is 23.3 Å². The van der Waals surface area contributed by atoms with Crippen LogP contribution in [0.4, 0.5) is 0 Å². The first kappa shape index (κ1) is 24.0. The maximum absolute atomic E-state index is 13.4. The minimum Gasteiger partial charge on any atom is -0.454 e. The number of carbonyl (C=O) groups is 2. The van der Waals surface area contributed by atoms with Crippen molar-refractivity contribution in [3.05, 3.63) is 110 Å². The van der Waals surface area contributed by atoms with Crippen molar-refractivity contribution in [2.45, 2.75) is 33.6 Å². The number of aryl methyl sites for hydroxylation is 3. The van der Waals surface area contributed by atoms with Crippen LogP contribution < -0.4 is 0 Å². The van der Waals surface area contributed by atoms with Crippen LogP contribution in [0.3, 0.4) is 0 Å². The number of nitrogens with zero attached hydrogens (tertiary/aromatic N) is 1. The number of fused-ring (bicyclic) bond motifs is 2. The molecule has 1 aromatic heterocycles. The van der Waals surface area contributed by atoms with Gasteiger partial charge in [0.25, 0.3) is 0 Å². The molecule has 0 saturated carbocycles. The number of benzene rings is 3. The molecule has 4 aromatic rings. The smallest absolute Gasteiger partial charge is 0.339 e. The number of hydrogen-bond donors (Lipinski definition) is 0. The molecule has 5 rings (SSSR count). The summed E-state index contributed by atoms with van der Waals surface area (Å²) in [5.74, 6) is -0.699. The normalized spacial score (nSPS) is 13.7. The molecule has 1 aliphatic rings. The van der Waals surface area contributed by atoms with Crippen LogP contribution in [-0.2, 0) is 11.2 Å². The number of hydrogen-bond acceptors (Lipinski definition) is 4. The second-order valence-corrected chi connectivity index (χ2v) is 9.74. The molecule has 0 fully saturated rings. The fourth-order valence-electron chi connectivity index (χ4n) is 4.81. The van der Waals surface area contributed by atoms with E-state index in [4.69, 9.17) is 21.3 Å². The van der Waals surface area contributed by atoms with Gasteiger partial charge in [-0.2, -0.15) is 0 Å². The second kappa shape index (κ2) is 9.71. The standard InChI is InChI=1S/C31H26ClNO3/c1-18-14-20(3)26(15-19(18)2)28(34)17-36-31(35)29-24-6-4-5-7-27(24)33-30-22(10-13-25(29)30)16-21-8-11-23(32)12-9-21/h4-9,11-12,14-16H,10,13,17H2,1-3H3. The number of pyridine rings is 1. The Morgan fingerprint density at radius 2 is 1.67 bits per heavy atom. The van der Waals surface area contributed by atoms with Crippen LogP contribution >= 0.6 is 11.6 Å². The Morgan fingerprint density at radius 3 is 2.44 bits per heavy atom. The first-order chi connectivity index (χ1) is 17.3. The Labute approximate surface area is 215 Å². The molecule has 0 radical (unpaired) electrons. The topological polar surface area (TPSA) is 56.3 Å². The molecule has 1 aliphatic carbocycles. The Morgan fingerprint density at radius 1 is 0.944 bits per heavy atom. The van der Waals surface area contributed by atoms with Gasteiger partial charge in [0, 0.05) is 16.0 Å². The molecule has 0 N–H and O–H groups in total. The fraction of sp³-hybridized carbons (Fsp3) is 0.194. The van der Waals surface area contributed by atoms with Gasteiger partial charge in [0.05, 0.1) is 16.8 Å². The first-order valence-corrected chi connectivity index (χ1v) is 12.4. The maximum Gasteiger partial charge on any atom is 0.339 e. The van der Waals surface area contributed by atoms with Crippen LogP contribution in [0.15, 0.2) is 60.7 Å². The second-order valence-electron chi connectivity index (χ2n) is 9.30. The van der Waals surface area contributed by atoms with Crippen molar-refractivity contribution in [1.29, 1.82) is 0 Å². The van der Waals surface area contributed by atoms with E-state index in [9.17, 15) is 9.59 Å². The van der Waals surface area contributed by atoms with Gasteiger partial charge >= 0.3 is 5.97 Å². The third-order valence-electron chi connectivity index (χ3n) is 6.83.